The number of carboxylic acids is 2. The van der Waals surface area contributed by atoms with Gasteiger partial charge in [0.2, 0.25) is 0 Å². The van der Waals surface area contributed by atoms with Crippen LogP contribution in [0.5, 0.6) is 5.75 Å². The minimum absolute atomic E-state index is 0.0303. The van der Waals surface area contributed by atoms with E-state index in [0.29, 0.717) is 41.2 Å². The van der Waals surface area contributed by atoms with Gasteiger partial charge in [-0.25, -0.2) is 14.6 Å². The molecular formula is C19H16BrClN2O6. The molecule has 1 heterocycles. The van der Waals surface area contributed by atoms with Crippen molar-refractivity contribution in [1.29, 1.82) is 0 Å². The number of aliphatic carboxylic acids is 2. The lowest BCUT2D eigenvalue weighted by molar-refractivity contribution is -0.159. The van der Waals surface area contributed by atoms with Gasteiger partial charge in [0.15, 0.2) is 0 Å². The summed E-state index contributed by atoms with van der Waals surface area (Å²) >= 11 is 9.45. The summed E-state index contributed by atoms with van der Waals surface area (Å²) in [4.78, 5) is 34.8. The number of aryl methyl sites for hydroxylation is 1. The highest BCUT2D eigenvalue weighted by atomic mass is 79.9. The number of hydrogen-bond donors (Lipinski definition) is 2. The number of nitrogens with zero attached hydrogens (tertiary/aromatic N) is 2. The molecule has 0 saturated heterocycles. The fourth-order valence-electron chi connectivity index (χ4n) is 2.27. The van der Waals surface area contributed by atoms with Gasteiger partial charge >= 0.3 is 11.9 Å². The quantitative estimate of drug-likeness (QED) is 0.421. The first-order valence-corrected chi connectivity index (χ1v) is 9.45. The normalized spacial score (nSPS) is 10.1. The molecule has 2 aromatic carbocycles. The second kappa shape index (κ2) is 10.6. The lowest BCUT2D eigenvalue weighted by Crippen LogP contribution is -2.21. The molecular weight excluding hydrogens is 468 g/mol. The van der Waals surface area contributed by atoms with Gasteiger partial charge in [-0.15, -0.1) is 0 Å². The van der Waals surface area contributed by atoms with Crippen molar-refractivity contribution in [3.63, 3.8) is 0 Å². The Bertz CT molecular complexity index is 1070. The molecule has 3 rings (SSSR count). The number of halogens is 2. The molecule has 0 fully saturated rings. The lowest BCUT2D eigenvalue weighted by atomic mass is 10.2. The van der Waals surface area contributed by atoms with E-state index in [9.17, 15) is 4.79 Å². The molecule has 0 amide bonds. The molecule has 10 heteroatoms. The molecule has 152 valence electrons. The Morgan fingerprint density at radius 3 is 2.48 bits per heavy atom. The van der Waals surface area contributed by atoms with Crippen LogP contribution in [0.25, 0.3) is 10.9 Å². The molecule has 0 aliphatic carbocycles. The van der Waals surface area contributed by atoms with E-state index in [2.05, 4.69) is 20.9 Å². The number of aromatic nitrogens is 2. The molecule has 29 heavy (non-hydrogen) atoms. The van der Waals surface area contributed by atoms with Gasteiger partial charge in [0.1, 0.15) is 5.75 Å². The highest BCUT2D eigenvalue weighted by Gasteiger charge is 2.05. The number of benzene rings is 2. The number of carbonyl (C=O) groups is 2. The SMILES string of the molecule is O=C(O)C(=O)O.O=c1c2ccccc2ncn1CCCOc1ccc(Br)cc1Cl. The van der Waals surface area contributed by atoms with E-state index in [1.54, 1.807) is 23.0 Å². The highest BCUT2D eigenvalue weighted by Crippen LogP contribution is 2.27. The van der Waals surface area contributed by atoms with Gasteiger partial charge in [-0.2, -0.15) is 0 Å². The van der Waals surface area contributed by atoms with Crippen LogP contribution >= 0.6 is 27.5 Å². The van der Waals surface area contributed by atoms with Gasteiger partial charge in [-0.3, -0.25) is 9.36 Å². The first kappa shape index (κ1) is 22.4. The third-order valence-electron chi connectivity index (χ3n) is 3.61. The van der Waals surface area contributed by atoms with Crippen molar-refractivity contribution < 1.29 is 24.5 Å². The lowest BCUT2D eigenvalue weighted by Gasteiger charge is -2.09. The maximum absolute atomic E-state index is 12.3. The van der Waals surface area contributed by atoms with Gasteiger partial charge < -0.3 is 14.9 Å². The Balaban J connectivity index is 0.000000438. The second-order valence-electron chi connectivity index (χ2n) is 5.65. The predicted molar refractivity (Wildman–Crippen MR) is 111 cm³/mol. The number of rotatable bonds is 5. The topological polar surface area (TPSA) is 119 Å². The first-order chi connectivity index (χ1) is 13.8. The van der Waals surface area contributed by atoms with E-state index in [-0.39, 0.29) is 5.56 Å². The maximum Gasteiger partial charge on any atom is 0.414 e. The summed E-state index contributed by atoms with van der Waals surface area (Å²) in [5.74, 6) is -3.01. The predicted octanol–water partition coefficient (Wildman–Crippen LogP) is 3.44. The number of para-hydroxylation sites is 1. The zero-order chi connectivity index (χ0) is 21.4. The van der Waals surface area contributed by atoms with E-state index in [1.165, 1.54) is 0 Å². The van der Waals surface area contributed by atoms with Crippen LogP contribution in [0.4, 0.5) is 0 Å². The molecule has 3 aromatic rings. The van der Waals surface area contributed by atoms with Crippen molar-refractivity contribution in [2.24, 2.45) is 0 Å². The van der Waals surface area contributed by atoms with Crippen LogP contribution in [0.2, 0.25) is 5.02 Å². The molecule has 0 radical (unpaired) electrons. The maximum atomic E-state index is 12.3. The highest BCUT2D eigenvalue weighted by molar-refractivity contribution is 9.10. The van der Waals surface area contributed by atoms with E-state index >= 15 is 0 Å². The van der Waals surface area contributed by atoms with Gasteiger partial charge in [0.25, 0.3) is 5.56 Å². The summed E-state index contributed by atoms with van der Waals surface area (Å²) in [5.41, 5.74) is 0.684. The smallest absolute Gasteiger partial charge is 0.414 e. The van der Waals surface area contributed by atoms with Crippen molar-refractivity contribution in [2.75, 3.05) is 6.61 Å². The largest absolute Gasteiger partial charge is 0.492 e. The monoisotopic (exact) mass is 482 g/mol. The first-order valence-electron chi connectivity index (χ1n) is 8.28. The van der Waals surface area contributed by atoms with E-state index < -0.39 is 11.9 Å². The van der Waals surface area contributed by atoms with E-state index in [0.717, 1.165) is 4.47 Å². The minimum Gasteiger partial charge on any atom is -0.492 e. The Hall–Kier alpha value is -2.91. The zero-order valence-electron chi connectivity index (χ0n) is 14.9. The summed E-state index contributed by atoms with van der Waals surface area (Å²) in [5, 5.41) is 16.0. The van der Waals surface area contributed by atoms with Crippen LogP contribution < -0.4 is 10.3 Å². The summed E-state index contributed by atoms with van der Waals surface area (Å²) in [7, 11) is 0. The fourth-order valence-corrected chi connectivity index (χ4v) is 3.00. The average Bonchev–Trinajstić information content (AvgIpc) is 2.68. The Morgan fingerprint density at radius 2 is 1.83 bits per heavy atom. The third-order valence-corrected chi connectivity index (χ3v) is 4.40. The van der Waals surface area contributed by atoms with Crippen molar-refractivity contribution >= 4 is 50.4 Å². The van der Waals surface area contributed by atoms with Crippen LogP contribution in [-0.4, -0.2) is 38.3 Å². The molecule has 0 bridgehead atoms. The minimum atomic E-state index is -1.82. The number of ether oxygens (including phenoxy) is 1. The van der Waals surface area contributed by atoms with Crippen LogP contribution in [0.15, 0.2) is 58.1 Å². The number of fused-ring (bicyclic) bond motifs is 1. The van der Waals surface area contributed by atoms with Crippen LogP contribution in [0, 0.1) is 0 Å². The van der Waals surface area contributed by atoms with Crippen molar-refractivity contribution in [3.05, 3.63) is 68.6 Å². The number of carboxylic acid groups (broad SMARTS) is 2. The zero-order valence-corrected chi connectivity index (χ0v) is 17.3. The molecule has 2 N–H and O–H groups in total. The van der Waals surface area contributed by atoms with Gasteiger partial charge in [-0.1, -0.05) is 39.7 Å². The summed E-state index contributed by atoms with van der Waals surface area (Å²) < 4.78 is 8.16. The number of hydrogen-bond acceptors (Lipinski definition) is 5. The summed E-state index contributed by atoms with van der Waals surface area (Å²) in [6, 6.07) is 12.8. The molecule has 0 aliphatic rings. The van der Waals surface area contributed by atoms with Crippen LogP contribution in [0.1, 0.15) is 6.42 Å². The van der Waals surface area contributed by atoms with Crippen LogP contribution in [0.3, 0.4) is 0 Å². The summed E-state index contributed by atoms with van der Waals surface area (Å²) in [6.07, 6.45) is 2.27. The Labute approximate surface area is 178 Å². The molecule has 0 atom stereocenters. The molecule has 8 nitrogen and oxygen atoms in total. The Kier molecular flexibility index (Phi) is 8.17. The fraction of sp³-hybridized carbons (Fsp3) is 0.158. The van der Waals surface area contributed by atoms with Gasteiger partial charge in [0.05, 0.1) is 28.9 Å². The van der Waals surface area contributed by atoms with Crippen molar-refractivity contribution in [3.8, 4) is 5.75 Å². The average molecular weight is 484 g/mol. The Morgan fingerprint density at radius 1 is 1.14 bits per heavy atom. The molecule has 0 aliphatic heterocycles. The molecule has 0 unspecified atom stereocenters. The standard InChI is InChI=1S/C17H14BrClN2O2.C2H2O4/c18-12-6-7-16(14(19)10-12)23-9-3-8-21-11-20-15-5-2-1-4-13(15)17(21)22;3-1(4)2(5)6/h1-2,4-7,10-11H,3,8-9H2;(H,3,4)(H,5,6). The van der Waals surface area contributed by atoms with E-state index in [1.807, 2.05) is 30.3 Å². The molecule has 1 aromatic heterocycles. The van der Waals surface area contributed by atoms with Gasteiger partial charge in [0, 0.05) is 11.0 Å². The molecule has 0 spiro atoms. The van der Waals surface area contributed by atoms with E-state index in [4.69, 9.17) is 36.1 Å². The van der Waals surface area contributed by atoms with Gasteiger partial charge in [-0.05, 0) is 36.8 Å². The summed E-state index contributed by atoms with van der Waals surface area (Å²) in [6.45, 7) is 1.02. The van der Waals surface area contributed by atoms with Crippen LogP contribution in [-0.2, 0) is 16.1 Å². The third kappa shape index (κ3) is 6.58. The van der Waals surface area contributed by atoms with Crippen molar-refractivity contribution in [2.45, 2.75) is 13.0 Å². The molecule has 0 saturated carbocycles. The second-order valence-corrected chi connectivity index (χ2v) is 6.97. The van der Waals surface area contributed by atoms with Crippen molar-refractivity contribution in [1.82, 2.24) is 9.55 Å².